The number of anilines is 4. The highest BCUT2D eigenvalue weighted by atomic mass is 32.2. The van der Waals surface area contributed by atoms with E-state index in [-0.39, 0.29) is 0 Å². The fourth-order valence-electron chi connectivity index (χ4n) is 2.30. The fraction of sp³-hybridized carbons (Fsp3) is 0.105. The van der Waals surface area contributed by atoms with Crippen LogP contribution in [-0.4, -0.2) is 23.2 Å². The molecule has 3 aromatic rings. The quantitative estimate of drug-likeness (QED) is 0.296. The average Bonchev–Trinajstić information content (AvgIpc) is 2.66. The zero-order valence-electron chi connectivity index (χ0n) is 14.6. The van der Waals surface area contributed by atoms with Gasteiger partial charge in [-0.2, -0.15) is 0 Å². The molecule has 0 aliphatic carbocycles. The number of hydrogen-bond donors (Lipinski definition) is 4. The van der Waals surface area contributed by atoms with Gasteiger partial charge in [0.1, 0.15) is 5.03 Å². The first-order valence-electron chi connectivity index (χ1n) is 8.05. The number of nitrogens with one attached hydrogen (secondary N) is 3. The molecule has 1 aromatic heterocycles. The van der Waals surface area contributed by atoms with Crippen molar-refractivity contribution in [2.75, 3.05) is 23.4 Å². The largest absolute Gasteiger partial charge is 0.398 e. The highest BCUT2D eigenvalue weighted by molar-refractivity contribution is 7.99. The molecule has 132 valence electrons. The number of aryl methyl sites for hydroxylation is 1. The molecule has 1 heterocycles. The predicted octanol–water partition coefficient (Wildman–Crippen LogP) is 4.30. The summed E-state index contributed by atoms with van der Waals surface area (Å²) in [4.78, 5) is 10.1. The van der Waals surface area contributed by atoms with E-state index in [2.05, 4.69) is 32.7 Å². The van der Waals surface area contributed by atoms with Crippen LogP contribution in [0, 0.1) is 12.3 Å². The van der Waals surface area contributed by atoms with Crippen LogP contribution in [0.1, 0.15) is 11.1 Å². The fourth-order valence-corrected chi connectivity index (χ4v) is 3.14. The Bertz CT molecular complexity index is 924. The summed E-state index contributed by atoms with van der Waals surface area (Å²) < 4.78 is 0. The van der Waals surface area contributed by atoms with E-state index in [1.165, 1.54) is 6.21 Å². The van der Waals surface area contributed by atoms with Gasteiger partial charge < -0.3 is 21.8 Å². The van der Waals surface area contributed by atoms with Crippen LogP contribution < -0.4 is 16.4 Å². The molecular formula is C19H20N6S. The molecule has 0 aliphatic rings. The van der Waals surface area contributed by atoms with E-state index in [1.54, 1.807) is 30.1 Å². The Morgan fingerprint density at radius 1 is 1.12 bits per heavy atom. The minimum absolute atomic E-state index is 0.505. The highest BCUT2D eigenvalue weighted by Crippen LogP contribution is 2.30. The number of aromatic nitrogens is 2. The SMILES string of the molecule is CNc1ccc(Sc2nc(Nc3ccc(N)c(C=N)c3)ncc2C)cc1. The van der Waals surface area contributed by atoms with Crippen LogP contribution in [-0.2, 0) is 0 Å². The first kappa shape index (κ1) is 17.8. The Morgan fingerprint density at radius 2 is 1.85 bits per heavy atom. The topological polar surface area (TPSA) is 99.7 Å². The molecule has 26 heavy (non-hydrogen) atoms. The van der Waals surface area contributed by atoms with Crippen molar-refractivity contribution in [1.29, 1.82) is 5.41 Å². The van der Waals surface area contributed by atoms with Crippen molar-refractivity contribution in [3.8, 4) is 0 Å². The smallest absolute Gasteiger partial charge is 0.228 e. The molecule has 0 bridgehead atoms. The van der Waals surface area contributed by atoms with Gasteiger partial charge in [0.15, 0.2) is 0 Å². The Hall–Kier alpha value is -3.06. The lowest BCUT2D eigenvalue weighted by Gasteiger charge is -2.10. The monoisotopic (exact) mass is 364 g/mol. The zero-order valence-corrected chi connectivity index (χ0v) is 15.4. The molecule has 0 saturated carbocycles. The lowest BCUT2D eigenvalue weighted by Crippen LogP contribution is -2.01. The van der Waals surface area contributed by atoms with E-state index in [0.29, 0.717) is 17.2 Å². The van der Waals surface area contributed by atoms with Crippen LogP contribution in [0.4, 0.5) is 23.0 Å². The second kappa shape index (κ2) is 7.88. The van der Waals surface area contributed by atoms with Crippen molar-refractivity contribution in [2.24, 2.45) is 0 Å². The van der Waals surface area contributed by atoms with Gasteiger partial charge in [0, 0.05) is 52.5 Å². The van der Waals surface area contributed by atoms with Gasteiger partial charge in [-0.05, 0) is 49.4 Å². The molecule has 6 nitrogen and oxygen atoms in total. The van der Waals surface area contributed by atoms with Crippen molar-refractivity contribution in [3.05, 3.63) is 59.8 Å². The third kappa shape index (κ3) is 4.12. The van der Waals surface area contributed by atoms with Crippen LogP contribution in [0.5, 0.6) is 0 Å². The molecule has 7 heteroatoms. The van der Waals surface area contributed by atoms with Gasteiger partial charge in [0.25, 0.3) is 0 Å². The molecule has 0 aliphatic heterocycles. The van der Waals surface area contributed by atoms with Crippen LogP contribution in [0.2, 0.25) is 0 Å². The predicted molar refractivity (Wildman–Crippen MR) is 109 cm³/mol. The zero-order chi connectivity index (χ0) is 18.5. The van der Waals surface area contributed by atoms with E-state index in [9.17, 15) is 0 Å². The number of benzene rings is 2. The van der Waals surface area contributed by atoms with E-state index >= 15 is 0 Å². The van der Waals surface area contributed by atoms with Gasteiger partial charge in [0.05, 0.1) is 0 Å². The van der Waals surface area contributed by atoms with Gasteiger partial charge in [-0.1, -0.05) is 11.8 Å². The molecule has 0 unspecified atom stereocenters. The molecule has 3 rings (SSSR count). The molecule has 0 fully saturated rings. The first-order chi connectivity index (χ1) is 12.6. The lowest BCUT2D eigenvalue weighted by atomic mass is 10.2. The summed E-state index contributed by atoms with van der Waals surface area (Å²) in [5, 5.41) is 14.6. The summed E-state index contributed by atoms with van der Waals surface area (Å²) >= 11 is 1.59. The van der Waals surface area contributed by atoms with Gasteiger partial charge in [-0.3, -0.25) is 0 Å². The third-order valence-corrected chi connectivity index (χ3v) is 4.90. The van der Waals surface area contributed by atoms with Crippen molar-refractivity contribution in [3.63, 3.8) is 0 Å². The minimum atomic E-state index is 0.505. The van der Waals surface area contributed by atoms with Crippen molar-refractivity contribution in [2.45, 2.75) is 16.8 Å². The van der Waals surface area contributed by atoms with Crippen molar-refractivity contribution in [1.82, 2.24) is 9.97 Å². The Kier molecular flexibility index (Phi) is 5.38. The normalized spacial score (nSPS) is 10.4. The first-order valence-corrected chi connectivity index (χ1v) is 8.87. The van der Waals surface area contributed by atoms with Crippen molar-refractivity contribution >= 4 is 41.0 Å². The average molecular weight is 364 g/mol. The standard InChI is InChI=1S/C19H20N6S/c1-12-11-23-19(24-15-5-8-17(21)13(9-15)10-20)25-18(12)26-16-6-3-14(22-2)4-7-16/h3-11,20,22H,21H2,1-2H3,(H,23,24,25). The van der Waals surface area contributed by atoms with E-state index in [1.807, 2.05) is 32.2 Å². The Morgan fingerprint density at radius 3 is 2.54 bits per heavy atom. The van der Waals surface area contributed by atoms with E-state index in [0.717, 1.165) is 26.9 Å². The summed E-state index contributed by atoms with van der Waals surface area (Å²) in [7, 11) is 1.90. The number of nitrogen functional groups attached to an aromatic ring is 1. The molecule has 5 N–H and O–H groups in total. The summed E-state index contributed by atoms with van der Waals surface area (Å²) in [6, 6.07) is 13.6. The molecule has 0 amide bonds. The maximum Gasteiger partial charge on any atom is 0.228 e. The van der Waals surface area contributed by atoms with Crippen molar-refractivity contribution < 1.29 is 0 Å². The maximum atomic E-state index is 7.41. The van der Waals surface area contributed by atoms with E-state index in [4.69, 9.17) is 11.1 Å². The van der Waals surface area contributed by atoms with Crippen LogP contribution in [0.25, 0.3) is 0 Å². The Labute approximate surface area is 156 Å². The van der Waals surface area contributed by atoms with Gasteiger partial charge in [-0.25, -0.2) is 9.97 Å². The molecule has 0 spiro atoms. The number of hydrogen-bond acceptors (Lipinski definition) is 7. The molecule has 0 atom stereocenters. The molecule has 0 radical (unpaired) electrons. The van der Waals surface area contributed by atoms with Gasteiger partial charge in [0.2, 0.25) is 5.95 Å². The molecule has 0 saturated heterocycles. The number of rotatable bonds is 6. The summed E-state index contributed by atoms with van der Waals surface area (Å²) in [5.74, 6) is 0.505. The summed E-state index contributed by atoms with van der Waals surface area (Å²) in [6.07, 6.45) is 3.03. The second-order valence-electron chi connectivity index (χ2n) is 5.67. The van der Waals surface area contributed by atoms with Gasteiger partial charge >= 0.3 is 0 Å². The lowest BCUT2D eigenvalue weighted by molar-refractivity contribution is 1.01. The Balaban J connectivity index is 1.81. The minimum Gasteiger partial charge on any atom is -0.398 e. The number of nitrogens with two attached hydrogens (primary N) is 1. The second-order valence-corrected chi connectivity index (χ2v) is 6.73. The highest BCUT2D eigenvalue weighted by Gasteiger charge is 2.07. The van der Waals surface area contributed by atoms with E-state index < -0.39 is 0 Å². The third-order valence-electron chi connectivity index (χ3n) is 3.78. The van der Waals surface area contributed by atoms with Crippen LogP contribution in [0.3, 0.4) is 0 Å². The number of nitrogens with zero attached hydrogens (tertiary/aromatic N) is 2. The van der Waals surface area contributed by atoms with Crippen LogP contribution in [0.15, 0.2) is 58.6 Å². The van der Waals surface area contributed by atoms with Crippen LogP contribution >= 0.6 is 11.8 Å². The molecular weight excluding hydrogens is 344 g/mol. The molecule has 2 aromatic carbocycles. The summed E-state index contributed by atoms with van der Waals surface area (Å²) in [6.45, 7) is 1.99. The summed E-state index contributed by atoms with van der Waals surface area (Å²) in [5.41, 5.74) is 9.91. The van der Waals surface area contributed by atoms with Gasteiger partial charge in [-0.15, -0.1) is 0 Å². The maximum absolute atomic E-state index is 7.41.